The van der Waals surface area contributed by atoms with Crippen molar-refractivity contribution in [3.05, 3.63) is 29.8 Å². The predicted molar refractivity (Wildman–Crippen MR) is 56.3 cm³/mol. The fraction of sp³-hybridized carbons (Fsp3) is 0.500. The molecule has 0 fully saturated rings. The molecule has 0 spiro atoms. The molecular weight excluding hydrogens is 198 g/mol. The maximum Gasteiger partial charge on any atom is 0.246 e. The Labute approximate surface area is 88.7 Å². The quantitative estimate of drug-likeness (QED) is 0.794. The molecule has 15 heavy (non-hydrogen) atoms. The minimum Gasteiger partial charge on any atom is -0.508 e. The molecule has 3 heteroatoms. The summed E-state index contributed by atoms with van der Waals surface area (Å²) in [5.41, 5.74) is -0.257. The van der Waals surface area contributed by atoms with Crippen LogP contribution >= 0.6 is 0 Å². The zero-order chi connectivity index (χ0) is 11.6. The number of phenols is 1. The number of benzene rings is 1. The van der Waals surface area contributed by atoms with Gasteiger partial charge >= 0.3 is 0 Å². The summed E-state index contributed by atoms with van der Waals surface area (Å²) in [4.78, 5) is 0. The van der Waals surface area contributed by atoms with Gasteiger partial charge in [0.2, 0.25) is 6.43 Å². The largest absolute Gasteiger partial charge is 0.508 e. The van der Waals surface area contributed by atoms with Crippen molar-refractivity contribution in [3.8, 4) is 5.75 Å². The lowest BCUT2D eigenvalue weighted by Crippen LogP contribution is -2.25. The molecule has 1 aromatic rings. The number of alkyl halides is 2. The van der Waals surface area contributed by atoms with Crippen molar-refractivity contribution in [1.29, 1.82) is 0 Å². The molecule has 1 aromatic carbocycles. The third-order valence-corrected chi connectivity index (χ3v) is 2.46. The summed E-state index contributed by atoms with van der Waals surface area (Å²) in [6, 6.07) is 6.29. The minimum atomic E-state index is -2.47. The highest BCUT2D eigenvalue weighted by Crippen LogP contribution is 2.42. The molecule has 0 aromatic heterocycles. The molecule has 1 unspecified atom stereocenters. The molecule has 1 nitrogen and oxygen atoms in total. The van der Waals surface area contributed by atoms with Crippen molar-refractivity contribution in [3.63, 3.8) is 0 Å². The molecule has 0 saturated carbocycles. The smallest absolute Gasteiger partial charge is 0.246 e. The summed E-state index contributed by atoms with van der Waals surface area (Å²) in [6.45, 7) is 5.24. The molecule has 0 aliphatic heterocycles. The van der Waals surface area contributed by atoms with Crippen LogP contribution in [0.4, 0.5) is 8.78 Å². The zero-order valence-corrected chi connectivity index (χ0v) is 9.17. The molecule has 0 bridgehead atoms. The van der Waals surface area contributed by atoms with Crippen molar-refractivity contribution in [2.75, 3.05) is 0 Å². The van der Waals surface area contributed by atoms with E-state index in [1.807, 2.05) is 0 Å². The first-order valence-electron chi connectivity index (χ1n) is 4.90. The second-order valence-electron chi connectivity index (χ2n) is 4.74. The Bertz CT molecular complexity index is 329. The van der Waals surface area contributed by atoms with Gasteiger partial charge in [-0.1, -0.05) is 39.0 Å². The van der Waals surface area contributed by atoms with Crippen LogP contribution in [0, 0.1) is 5.41 Å². The SMILES string of the molecule is CC(C)(C)C(c1ccccc1O)C(F)F. The first-order valence-corrected chi connectivity index (χ1v) is 4.90. The van der Waals surface area contributed by atoms with Gasteiger partial charge in [-0.3, -0.25) is 0 Å². The van der Waals surface area contributed by atoms with Crippen LogP contribution in [0.25, 0.3) is 0 Å². The molecular formula is C12H16F2O. The highest BCUT2D eigenvalue weighted by molar-refractivity contribution is 5.36. The number of hydrogen-bond donors (Lipinski definition) is 1. The minimum absolute atomic E-state index is 0.0577. The third-order valence-electron chi connectivity index (χ3n) is 2.46. The van der Waals surface area contributed by atoms with Crippen LogP contribution in [0.3, 0.4) is 0 Å². The second kappa shape index (κ2) is 4.17. The number of aromatic hydroxyl groups is 1. The molecule has 84 valence electrons. The number of para-hydroxylation sites is 1. The van der Waals surface area contributed by atoms with Gasteiger partial charge in [0.15, 0.2) is 0 Å². The number of halogens is 2. The van der Waals surface area contributed by atoms with Crippen molar-refractivity contribution < 1.29 is 13.9 Å². The van der Waals surface area contributed by atoms with Crippen LogP contribution in [-0.2, 0) is 0 Å². The highest BCUT2D eigenvalue weighted by Gasteiger charge is 2.35. The van der Waals surface area contributed by atoms with Gasteiger partial charge in [-0.25, -0.2) is 8.78 Å². The van der Waals surface area contributed by atoms with Gasteiger partial charge in [-0.15, -0.1) is 0 Å². The van der Waals surface area contributed by atoms with E-state index < -0.39 is 17.8 Å². The van der Waals surface area contributed by atoms with Crippen LogP contribution in [0.15, 0.2) is 24.3 Å². The molecule has 0 aliphatic rings. The van der Waals surface area contributed by atoms with Gasteiger partial charge in [0.1, 0.15) is 5.75 Å². The molecule has 0 radical (unpaired) electrons. The van der Waals surface area contributed by atoms with Crippen molar-refractivity contribution in [2.45, 2.75) is 33.1 Å². The van der Waals surface area contributed by atoms with Gasteiger partial charge in [-0.2, -0.15) is 0 Å². The van der Waals surface area contributed by atoms with E-state index in [0.717, 1.165) is 0 Å². The average Bonchev–Trinajstić information content (AvgIpc) is 2.05. The van der Waals surface area contributed by atoms with Crippen LogP contribution in [-0.4, -0.2) is 11.5 Å². The maximum absolute atomic E-state index is 12.9. The topological polar surface area (TPSA) is 20.2 Å². The molecule has 0 aliphatic carbocycles. The normalized spacial score (nSPS) is 14.3. The molecule has 1 atom stereocenters. The summed E-state index contributed by atoms with van der Waals surface area (Å²) in [5.74, 6) is -1.00. The monoisotopic (exact) mass is 214 g/mol. The van der Waals surface area contributed by atoms with E-state index in [1.165, 1.54) is 6.07 Å². The third kappa shape index (κ3) is 2.67. The Morgan fingerprint density at radius 2 is 1.67 bits per heavy atom. The Morgan fingerprint density at radius 1 is 1.13 bits per heavy atom. The number of hydrogen-bond acceptors (Lipinski definition) is 1. The standard InChI is InChI=1S/C12H16F2O/c1-12(2,3)10(11(13)14)8-6-4-5-7-9(8)15/h4-7,10-11,15H,1-3H3. The summed E-state index contributed by atoms with van der Waals surface area (Å²) >= 11 is 0. The van der Waals surface area contributed by atoms with Gasteiger partial charge in [0, 0.05) is 5.56 Å². The van der Waals surface area contributed by atoms with Crippen molar-refractivity contribution in [1.82, 2.24) is 0 Å². The lowest BCUT2D eigenvalue weighted by atomic mass is 9.76. The first kappa shape index (κ1) is 12.0. The molecule has 0 heterocycles. The number of rotatable bonds is 2. The fourth-order valence-corrected chi connectivity index (χ4v) is 1.73. The van der Waals surface area contributed by atoms with E-state index in [0.29, 0.717) is 5.56 Å². The van der Waals surface area contributed by atoms with E-state index in [-0.39, 0.29) is 5.75 Å². The van der Waals surface area contributed by atoms with Crippen molar-refractivity contribution in [2.24, 2.45) is 5.41 Å². The van der Waals surface area contributed by atoms with Gasteiger partial charge in [-0.05, 0) is 11.5 Å². The Hall–Kier alpha value is -1.12. The van der Waals surface area contributed by atoms with Gasteiger partial charge in [0.25, 0.3) is 0 Å². The van der Waals surface area contributed by atoms with Crippen molar-refractivity contribution >= 4 is 0 Å². The van der Waals surface area contributed by atoms with Crippen LogP contribution in [0.5, 0.6) is 5.75 Å². The van der Waals surface area contributed by atoms with E-state index in [4.69, 9.17) is 0 Å². The van der Waals surface area contributed by atoms with Crippen LogP contribution in [0.1, 0.15) is 32.3 Å². The van der Waals surface area contributed by atoms with E-state index >= 15 is 0 Å². The number of phenolic OH excluding ortho intramolecular Hbond substituents is 1. The Balaban J connectivity index is 3.17. The average molecular weight is 214 g/mol. The second-order valence-corrected chi connectivity index (χ2v) is 4.74. The Morgan fingerprint density at radius 3 is 2.07 bits per heavy atom. The first-order chi connectivity index (χ1) is 6.84. The summed E-state index contributed by atoms with van der Waals surface area (Å²) in [7, 11) is 0. The maximum atomic E-state index is 12.9. The van der Waals surface area contributed by atoms with Crippen LogP contribution in [0.2, 0.25) is 0 Å². The summed E-state index contributed by atoms with van der Waals surface area (Å²) < 4.78 is 25.9. The molecule has 1 rings (SSSR count). The van der Waals surface area contributed by atoms with Gasteiger partial charge < -0.3 is 5.11 Å². The van der Waals surface area contributed by atoms with E-state index in [2.05, 4.69) is 0 Å². The van der Waals surface area contributed by atoms with E-state index in [9.17, 15) is 13.9 Å². The highest BCUT2D eigenvalue weighted by atomic mass is 19.3. The lowest BCUT2D eigenvalue weighted by molar-refractivity contribution is 0.0610. The molecule has 1 N–H and O–H groups in total. The van der Waals surface area contributed by atoms with E-state index in [1.54, 1.807) is 39.0 Å². The predicted octanol–water partition coefficient (Wildman–Crippen LogP) is 3.79. The molecule has 0 saturated heterocycles. The lowest BCUT2D eigenvalue weighted by Gasteiger charge is -2.30. The Kier molecular flexibility index (Phi) is 3.32. The molecule has 0 amide bonds. The summed E-state index contributed by atoms with van der Waals surface area (Å²) in [5, 5.41) is 9.56. The zero-order valence-electron chi connectivity index (χ0n) is 9.17. The summed E-state index contributed by atoms with van der Waals surface area (Å²) in [6.07, 6.45) is -2.47. The van der Waals surface area contributed by atoms with Gasteiger partial charge in [0.05, 0.1) is 5.92 Å². The van der Waals surface area contributed by atoms with Crippen LogP contribution < -0.4 is 0 Å². The fourth-order valence-electron chi connectivity index (χ4n) is 1.73.